The number of rotatable bonds is 6. The smallest absolute Gasteiger partial charge is 0.0760 e. The van der Waals surface area contributed by atoms with Gasteiger partial charge in [-0.1, -0.05) is 66.2 Å². The van der Waals surface area contributed by atoms with Crippen LogP contribution < -0.4 is 0 Å². The van der Waals surface area contributed by atoms with E-state index in [1.807, 2.05) is 30.5 Å². The Morgan fingerprint density at radius 1 is 0.892 bits per heavy atom. The van der Waals surface area contributed by atoms with E-state index in [0.717, 1.165) is 54.8 Å². The van der Waals surface area contributed by atoms with Gasteiger partial charge < -0.3 is 5.11 Å². The van der Waals surface area contributed by atoms with Crippen molar-refractivity contribution in [2.24, 2.45) is 0 Å². The number of nitrogens with zero attached hydrogens (tertiary/aromatic N) is 3. The van der Waals surface area contributed by atoms with Gasteiger partial charge in [0.15, 0.2) is 0 Å². The molecule has 6 heteroatoms. The topological polar surface area (TPSA) is 39.6 Å². The Morgan fingerprint density at radius 3 is 2.27 bits per heavy atom. The van der Waals surface area contributed by atoms with Crippen molar-refractivity contribution in [1.82, 2.24) is 14.8 Å². The molecule has 1 saturated heterocycles. The molecule has 2 aliphatic rings. The number of hydrogen-bond donors (Lipinski definition) is 1. The molecule has 4 nitrogen and oxygen atoms in total. The van der Waals surface area contributed by atoms with Crippen molar-refractivity contribution in [3.63, 3.8) is 0 Å². The van der Waals surface area contributed by atoms with E-state index < -0.39 is 0 Å². The first-order valence-corrected chi connectivity index (χ1v) is 14.5. The molecule has 1 aromatic heterocycles. The average molecular weight is 530 g/mol. The van der Waals surface area contributed by atoms with Crippen LogP contribution in [0.1, 0.15) is 28.3 Å². The first-order valence-electron chi connectivity index (χ1n) is 13.1. The summed E-state index contributed by atoms with van der Waals surface area (Å²) in [5.41, 5.74) is 6.77. The molecule has 1 N–H and O–H groups in total. The van der Waals surface area contributed by atoms with E-state index in [-0.39, 0.29) is 6.10 Å². The summed E-state index contributed by atoms with van der Waals surface area (Å²) in [6.07, 6.45) is 3.64. The number of piperazine rings is 1. The van der Waals surface area contributed by atoms with Gasteiger partial charge in [-0.3, -0.25) is 14.8 Å². The number of hydrogen-bond acceptors (Lipinski definition) is 5. The van der Waals surface area contributed by atoms with Crippen LogP contribution in [0.3, 0.4) is 0 Å². The minimum Gasteiger partial charge on any atom is -0.391 e. The summed E-state index contributed by atoms with van der Waals surface area (Å²) < 4.78 is 0. The van der Waals surface area contributed by atoms with Gasteiger partial charge in [-0.05, 0) is 53.3 Å². The summed E-state index contributed by atoms with van der Waals surface area (Å²) in [4.78, 5) is 10.6. The minimum atomic E-state index is -0.383. The molecule has 0 saturated carbocycles. The average Bonchev–Trinajstić information content (AvgIpc) is 3.09. The number of aromatic nitrogens is 1. The maximum Gasteiger partial charge on any atom is 0.0760 e. The number of pyridine rings is 1. The normalized spacial score (nSPS) is 17.8. The van der Waals surface area contributed by atoms with Gasteiger partial charge in [0.1, 0.15) is 0 Å². The number of halogens is 1. The zero-order chi connectivity index (χ0) is 25.2. The Labute approximate surface area is 228 Å². The Bertz CT molecular complexity index is 1340. The monoisotopic (exact) mass is 529 g/mol. The van der Waals surface area contributed by atoms with Gasteiger partial charge >= 0.3 is 0 Å². The van der Waals surface area contributed by atoms with Crippen LogP contribution in [0, 0.1) is 0 Å². The molecule has 3 aromatic carbocycles. The maximum atomic E-state index is 10.9. The zero-order valence-electron chi connectivity index (χ0n) is 20.9. The number of fused-ring (bicyclic) bond motifs is 3. The molecule has 1 unspecified atom stereocenters. The summed E-state index contributed by atoms with van der Waals surface area (Å²) in [5, 5.41) is 12.7. The Morgan fingerprint density at radius 2 is 1.57 bits per heavy atom. The van der Waals surface area contributed by atoms with Gasteiger partial charge in [0.25, 0.3) is 0 Å². The van der Waals surface area contributed by atoms with Crippen molar-refractivity contribution >= 4 is 34.3 Å². The highest BCUT2D eigenvalue weighted by Crippen LogP contribution is 2.37. The number of benzene rings is 3. The van der Waals surface area contributed by atoms with Crippen molar-refractivity contribution in [3.8, 4) is 0 Å². The van der Waals surface area contributed by atoms with Crippen molar-refractivity contribution in [1.29, 1.82) is 0 Å². The molecule has 2 heterocycles. The van der Waals surface area contributed by atoms with E-state index in [1.54, 1.807) is 11.8 Å². The molecule has 0 spiro atoms. The molecule has 4 aromatic rings. The third-order valence-corrected chi connectivity index (χ3v) is 9.15. The van der Waals surface area contributed by atoms with E-state index in [0.29, 0.717) is 23.4 Å². The van der Waals surface area contributed by atoms with Crippen LogP contribution in [0.5, 0.6) is 0 Å². The first-order chi connectivity index (χ1) is 18.2. The van der Waals surface area contributed by atoms with E-state index in [4.69, 9.17) is 11.6 Å². The van der Waals surface area contributed by atoms with Crippen LogP contribution in [0.15, 0.2) is 83.9 Å². The molecule has 6 rings (SSSR count). The number of aryl methyl sites for hydroxylation is 2. The van der Waals surface area contributed by atoms with Crippen LogP contribution >= 0.6 is 23.4 Å². The third-order valence-electron chi connectivity index (χ3n) is 7.70. The quantitative estimate of drug-likeness (QED) is 0.317. The molecule has 37 heavy (non-hydrogen) atoms. The fourth-order valence-corrected chi connectivity index (χ4v) is 6.98. The van der Waals surface area contributed by atoms with Gasteiger partial charge in [-0.25, -0.2) is 0 Å². The highest BCUT2D eigenvalue weighted by molar-refractivity contribution is 7.99. The Balaban J connectivity index is 1.09. The van der Waals surface area contributed by atoms with E-state index in [1.165, 1.54) is 22.3 Å². The lowest BCUT2D eigenvalue weighted by Crippen LogP contribution is -2.50. The molecular formula is C31H32ClN3OS. The molecule has 190 valence electrons. The van der Waals surface area contributed by atoms with Gasteiger partial charge in [-0.2, -0.15) is 0 Å². The van der Waals surface area contributed by atoms with Crippen LogP contribution in [-0.2, 0) is 12.8 Å². The lowest BCUT2D eigenvalue weighted by Gasteiger charge is -2.40. The Hall–Kier alpha value is -2.41. The fourth-order valence-electron chi connectivity index (χ4n) is 5.85. The number of thioether (sulfide) groups is 1. The second kappa shape index (κ2) is 11.1. The largest absolute Gasteiger partial charge is 0.391 e. The summed E-state index contributed by atoms with van der Waals surface area (Å²) in [6, 6.07) is 26.1. The molecule has 0 radical (unpaired) electrons. The molecule has 1 fully saturated rings. The lowest BCUT2D eigenvalue weighted by atomic mass is 9.92. The Kier molecular flexibility index (Phi) is 7.50. The van der Waals surface area contributed by atoms with Gasteiger partial charge in [0, 0.05) is 60.0 Å². The van der Waals surface area contributed by atoms with Crippen LogP contribution in [-0.4, -0.2) is 64.5 Å². The standard InChI is InChI=1S/C31H32ClN3OS/c32-24-11-12-28-29(19-24)33-14-13-30(28)37-21-25(36)20-34-15-17-35(18-16-34)31-26-7-3-1-5-22(26)9-10-23-6-2-4-8-27(23)31/h1-8,11-14,19,25,31,36H,9-10,15-18,20-21H2. The van der Waals surface area contributed by atoms with Crippen molar-refractivity contribution < 1.29 is 5.11 Å². The van der Waals surface area contributed by atoms with E-state index in [9.17, 15) is 5.11 Å². The van der Waals surface area contributed by atoms with Crippen LogP contribution in [0.25, 0.3) is 10.9 Å². The second-order valence-electron chi connectivity index (χ2n) is 10.1. The molecule has 1 aliphatic heterocycles. The van der Waals surface area contributed by atoms with E-state index >= 15 is 0 Å². The van der Waals surface area contributed by atoms with Gasteiger partial charge in [-0.15, -0.1) is 11.8 Å². The first kappa shape index (κ1) is 24.9. The lowest BCUT2D eigenvalue weighted by molar-refractivity contribution is 0.0707. The van der Waals surface area contributed by atoms with Crippen molar-refractivity contribution in [2.45, 2.75) is 29.9 Å². The van der Waals surface area contributed by atoms with Crippen molar-refractivity contribution in [2.75, 3.05) is 38.5 Å². The van der Waals surface area contributed by atoms with Crippen LogP contribution in [0.2, 0.25) is 5.02 Å². The van der Waals surface area contributed by atoms with Crippen molar-refractivity contribution in [3.05, 3.63) is 106 Å². The molecule has 0 amide bonds. The second-order valence-corrected chi connectivity index (χ2v) is 11.6. The minimum absolute atomic E-state index is 0.311. The molecule has 1 aliphatic carbocycles. The highest BCUT2D eigenvalue weighted by atomic mass is 35.5. The van der Waals surface area contributed by atoms with Gasteiger partial charge in [0.05, 0.1) is 17.7 Å². The van der Waals surface area contributed by atoms with E-state index in [2.05, 4.69) is 63.3 Å². The highest BCUT2D eigenvalue weighted by Gasteiger charge is 2.31. The number of aliphatic hydroxyl groups is 1. The fraction of sp³-hybridized carbons (Fsp3) is 0.323. The molecular weight excluding hydrogens is 498 g/mol. The SMILES string of the molecule is OC(CSc1ccnc2cc(Cl)ccc12)CN1CCN(C2c3ccccc3CCc3ccccc32)CC1. The summed E-state index contributed by atoms with van der Waals surface area (Å²) in [6.45, 7) is 4.65. The summed E-state index contributed by atoms with van der Waals surface area (Å²) in [7, 11) is 0. The number of aliphatic hydroxyl groups excluding tert-OH is 1. The van der Waals surface area contributed by atoms with Gasteiger partial charge in [0.2, 0.25) is 0 Å². The number of β-amino-alcohol motifs (C(OH)–C–C–N with tert-alkyl or cyclic N) is 1. The zero-order valence-corrected chi connectivity index (χ0v) is 22.5. The summed E-state index contributed by atoms with van der Waals surface area (Å²) >= 11 is 7.82. The molecule has 0 bridgehead atoms. The predicted molar refractivity (Wildman–Crippen MR) is 154 cm³/mol. The molecule has 1 atom stereocenters. The third kappa shape index (κ3) is 5.43. The maximum absolute atomic E-state index is 10.9. The van der Waals surface area contributed by atoms with Crippen LogP contribution in [0.4, 0.5) is 0 Å². The summed E-state index contributed by atoms with van der Waals surface area (Å²) in [5.74, 6) is 0.658. The predicted octanol–water partition coefficient (Wildman–Crippen LogP) is 5.85.